The van der Waals surface area contributed by atoms with E-state index in [0.29, 0.717) is 13.2 Å². The van der Waals surface area contributed by atoms with Gasteiger partial charge in [-0.15, -0.1) is 0 Å². The van der Waals surface area contributed by atoms with Crippen LogP contribution in [0.15, 0.2) is 0 Å². The molecular formula is C12H25NO3. The summed E-state index contributed by atoms with van der Waals surface area (Å²) in [5, 5.41) is 3.18. The summed E-state index contributed by atoms with van der Waals surface area (Å²) in [4.78, 5) is 11.2. The molecule has 0 rings (SSSR count). The largest absolute Gasteiger partial charge is 0.377 e. The minimum Gasteiger partial charge on any atom is -0.377 e. The van der Waals surface area contributed by atoms with Crippen LogP contribution in [0.25, 0.3) is 0 Å². The molecule has 0 radical (unpaired) electrons. The summed E-state index contributed by atoms with van der Waals surface area (Å²) in [5.74, 6) is 0.218. The van der Waals surface area contributed by atoms with Crippen LogP contribution in [0.2, 0.25) is 0 Å². The standard InChI is InChI=1S/C12H25NO3/c1-10(2)12(14)9-15-7-5-13-6-8-16-11(3)4/h10-11,13H,5-9H2,1-4H3. The minimum atomic E-state index is 0.0624. The van der Waals surface area contributed by atoms with E-state index < -0.39 is 0 Å². The maximum Gasteiger partial charge on any atom is 0.160 e. The molecule has 0 bridgehead atoms. The van der Waals surface area contributed by atoms with E-state index in [-0.39, 0.29) is 24.4 Å². The Labute approximate surface area is 98.7 Å². The molecule has 96 valence electrons. The highest BCUT2D eigenvalue weighted by Crippen LogP contribution is 1.93. The topological polar surface area (TPSA) is 47.6 Å². The molecule has 0 aromatic rings. The fraction of sp³-hybridized carbons (Fsp3) is 0.917. The van der Waals surface area contributed by atoms with Gasteiger partial charge in [-0.25, -0.2) is 0 Å². The van der Waals surface area contributed by atoms with Crippen molar-refractivity contribution in [1.29, 1.82) is 0 Å². The van der Waals surface area contributed by atoms with Gasteiger partial charge in [0.25, 0.3) is 0 Å². The van der Waals surface area contributed by atoms with E-state index in [9.17, 15) is 4.79 Å². The first kappa shape index (κ1) is 15.6. The van der Waals surface area contributed by atoms with Crippen molar-refractivity contribution >= 4 is 5.78 Å². The van der Waals surface area contributed by atoms with Gasteiger partial charge in [0.2, 0.25) is 0 Å². The van der Waals surface area contributed by atoms with E-state index in [2.05, 4.69) is 5.32 Å². The molecule has 4 nitrogen and oxygen atoms in total. The van der Waals surface area contributed by atoms with Crippen LogP contribution in [0.4, 0.5) is 0 Å². The number of carbonyl (C=O) groups excluding carboxylic acids is 1. The Hall–Kier alpha value is -0.450. The van der Waals surface area contributed by atoms with E-state index in [1.165, 1.54) is 0 Å². The molecule has 0 spiro atoms. The summed E-state index contributed by atoms with van der Waals surface area (Å²) in [5.41, 5.74) is 0. The molecule has 0 aliphatic carbocycles. The van der Waals surface area contributed by atoms with Crippen LogP contribution in [0.1, 0.15) is 27.7 Å². The highest BCUT2D eigenvalue weighted by molar-refractivity contribution is 5.81. The molecule has 0 heterocycles. The lowest BCUT2D eigenvalue weighted by Gasteiger charge is -2.09. The number of Topliss-reactive ketones (excluding diaryl/α,β-unsaturated/α-hetero) is 1. The number of nitrogens with one attached hydrogen (secondary N) is 1. The van der Waals surface area contributed by atoms with Gasteiger partial charge in [0.15, 0.2) is 5.78 Å². The summed E-state index contributed by atoms with van der Waals surface area (Å²) >= 11 is 0. The fourth-order valence-electron chi connectivity index (χ4n) is 0.976. The van der Waals surface area contributed by atoms with Crippen LogP contribution in [0.3, 0.4) is 0 Å². The Morgan fingerprint density at radius 2 is 1.75 bits per heavy atom. The first-order valence-corrected chi connectivity index (χ1v) is 5.96. The average Bonchev–Trinajstić information content (AvgIpc) is 2.21. The van der Waals surface area contributed by atoms with Crippen molar-refractivity contribution in [1.82, 2.24) is 5.32 Å². The Bertz CT molecular complexity index is 181. The van der Waals surface area contributed by atoms with Crippen molar-refractivity contribution in [3.8, 4) is 0 Å². The molecule has 0 amide bonds. The average molecular weight is 231 g/mol. The predicted octanol–water partition coefficient (Wildman–Crippen LogP) is 1.24. The second-order valence-electron chi connectivity index (χ2n) is 4.34. The maximum absolute atomic E-state index is 11.2. The normalized spacial score (nSPS) is 11.4. The molecule has 0 atom stereocenters. The second kappa shape index (κ2) is 9.75. The van der Waals surface area contributed by atoms with Crippen molar-refractivity contribution in [3.05, 3.63) is 0 Å². The summed E-state index contributed by atoms with van der Waals surface area (Å²) in [6.45, 7) is 10.9. The van der Waals surface area contributed by atoms with Crippen LogP contribution in [0.5, 0.6) is 0 Å². The Balaban J connectivity index is 3.13. The molecule has 0 fully saturated rings. The van der Waals surface area contributed by atoms with Gasteiger partial charge in [0, 0.05) is 19.0 Å². The van der Waals surface area contributed by atoms with Gasteiger partial charge in [-0.2, -0.15) is 0 Å². The van der Waals surface area contributed by atoms with Crippen LogP contribution in [-0.4, -0.2) is 44.8 Å². The molecule has 0 saturated heterocycles. The fourth-order valence-corrected chi connectivity index (χ4v) is 0.976. The van der Waals surface area contributed by atoms with E-state index in [0.717, 1.165) is 13.1 Å². The highest BCUT2D eigenvalue weighted by Gasteiger charge is 2.05. The van der Waals surface area contributed by atoms with Crippen LogP contribution in [0, 0.1) is 5.92 Å². The van der Waals surface area contributed by atoms with Crippen molar-refractivity contribution in [2.75, 3.05) is 32.9 Å². The Kier molecular flexibility index (Phi) is 9.48. The highest BCUT2D eigenvalue weighted by atomic mass is 16.5. The smallest absolute Gasteiger partial charge is 0.160 e. The Morgan fingerprint density at radius 3 is 2.31 bits per heavy atom. The van der Waals surface area contributed by atoms with Gasteiger partial charge < -0.3 is 14.8 Å². The molecule has 0 saturated carbocycles. The summed E-state index contributed by atoms with van der Waals surface area (Å²) < 4.78 is 10.6. The molecule has 16 heavy (non-hydrogen) atoms. The lowest BCUT2D eigenvalue weighted by Crippen LogP contribution is -2.26. The lowest BCUT2D eigenvalue weighted by atomic mass is 10.1. The third-order valence-electron chi connectivity index (χ3n) is 2.04. The van der Waals surface area contributed by atoms with Gasteiger partial charge in [0.05, 0.1) is 19.3 Å². The lowest BCUT2D eigenvalue weighted by molar-refractivity contribution is -0.126. The summed E-state index contributed by atoms with van der Waals surface area (Å²) in [6.07, 6.45) is 0.279. The third kappa shape index (κ3) is 10.1. The van der Waals surface area contributed by atoms with Crippen LogP contribution < -0.4 is 5.32 Å². The zero-order chi connectivity index (χ0) is 12.4. The van der Waals surface area contributed by atoms with Gasteiger partial charge in [-0.05, 0) is 13.8 Å². The van der Waals surface area contributed by atoms with Gasteiger partial charge in [-0.3, -0.25) is 4.79 Å². The van der Waals surface area contributed by atoms with Gasteiger partial charge >= 0.3 is 0 Å². The molecule has 0 aliphatic heterocycles. The van der Waals surface area contributed by atoms with Crippen LogP contribution >= 0.6 is 0 Å². The number of rotatable bonds is 10. The second-order valence-corrected chi connectivity index (χ2v) is 4.34. The van der Waals surface area contributed by atoms with E-state index >= 15 is 0 Å². The van der Waals surface area contributed by atoms with Crippen molar-refractivity contribution in [2.45, 2.75) is 33.8 Å². The monoisotopic (exact) mass is 231 g/mol. The minimum absolute atomic E-state index is 0.0624. The van der Waals surface area contributed by atoms with Crippen molar-refractivity contribution < 1.29 is 14.3 Å². The number of ether oxygens (including phenoxy) is 2. The third-order valence-corrected chi connectivity index (χ3v) is 2.04. The predicted molar refractivity (Wildman–Crippen MR) is 64.6 cm³/mol. The van der Waals surface area contributed by atoms with Crippen molar-refractivity contribution in [3.63, 3.8) is 0 Å². The summed E-state index contributed by atoms with van der Waals surface area (Å²) in [6, 6.07) is 0. The SMILES string of the molecule is CC(C)OCCNCCOCC(=O)C(C)C. The number of ketones is 1. The molecule has 0 unspecified atom stereocenters. The summed E-state index contributed by atoms with van der Waals surface area (Å²) in [7, 11) is 0. The van der Waals surface area contributed by atoms with Crippen molar-refractivity contribution in [2.24, 2.45) is 5.92 Å². The van der Waals surface area contributed by atoms with Gasteiger partial charge in [-0.1, -0.05) is 13.8 Å². The zero-order valence-electron chi connectivity index (χ0n) is 10.9. The van der Waals surface area contributed by atoms with Crippen LogP contribution in [-0.2, 0) is 14.3 Å². The van der Waals surface area contributed by atoms with E-state index in [1.54, 1.807) is 0 Å². The van der Waals surface area contributed by atoms with E-state index in [4.69, 9.17) is 9.47 Å². The number of carbonyl (C=O) groups is 1. The quantitative estimate of drug-likeness (QED) is 0.575. The molecular weight excluding hydrogens is 206 g/mol. The molecule has 4 heteroatoms. The Morgan fingerprint density at radius 1 is 1.12 bits per heavy atom. The molecule has 0 aromatic heterocycles. The molecule has 0 aliphatic rings. The molecule has 1 N–H and O–H groups in total. The number of hydrogen-bond donors (Lipinski definition) is 1. The molecule has 0 aromatic carbocycles. The number of hydrogen-bond acceptors (Lipinski definition) is 4. The maximum atomic E-state index is 11.2. The first-order chi connectivity index (χ1) is 7.54. The van der Waals surface area contributed by atoms with E-state index in [1.807, 2.05) is 27.7 Å². The zero-order valence-corrected chi connectivity index (χ0v) is 10.9. The van der Waals surface area contributed by atoms with Gasteiger partial charge in [0.1, 0.15) is 6.61 Å². The first-order valence-electron chi connectivity index (χ1n) is 5.96.